The average molecular weight is 274 g/mol. The lowest BCUT2D eigenvalue weighted by molar-refractivity contribution is -0.132. The third-order valence-electron chi connectivity index (χ3n) is 2.22. The molecule has 2 atom stereocenters. The van der Waals surface area contributed by atoms with E-state index in [2.05, 4.69) is 15.9 Å². The van der Waals surface area contributed by atoms with Crippen LogP contribution in [0.5, 0.6) is 0 Å². The number of aliphatic hydroxyl groups is 2. The van der Waals surface area contributed by atoms with Gasteiger partial charge in [0.1, 0.15) is 6.10 Å². The van der Waals surface area contributed by atoms with Gasteiger partial charge >= 0.3 is 0 Å². The van der Waals surface area contributed by atoms with E-state index in [1.807, 2.05) is 6.07 Å². The standard InChI is InChI=1S/C10H12BrNO3/c1-5-6(3-2-4-7(5)11)8(13)9(14)10(12)15/h2-4,8-9,13-14H,1H3,(H2,12,15). The second-order valence-electron chi connectivity index (χ2n) is 3.25. The van der Waals surface area contributed by atoms with Gasteiger partial charge in [0.25, 0.3) is 0 Å². The minimum absolute atomic E-state index is 0.482. The topological polar surface area (TPSA) is 83.6 Å². The lowest BCUT2D eigenvalue weighted by Crippen LogP contribution is -2.34. The van der Waals surface area contributed by atoms with Gasteiger partial charge in [-0.2, -0.15) is 0 Å². The molecule has 0 aromatic heterocycles. The molecule has 1 aromatic rings. The van der Waals surface area contributed by atoms with Crippen LogP contribution in [0.2, 0.25) is 0 Å². The van der Waals surface area contributed by atoms with Crippen LogP contribution in [-0.2, 0) is 4.79 Å². The maximum absolute atomic E-state index is 10.7. The van der Waals surface area contributed by atoms with Gasteiger partial charge in [0.05, 0.1) is 0 Å². The molecule has 0 aliphatic heterocycles. The number of aliphatic hydroxyl groups excluding tert-OH is 2. The van der Waals surface area contributed by atoms with E-state index in [1.54, 1.807) is 19.1 Å². The molecule has 0 bridgehead atoms. The van der Waals surface area contributed by atoms with Crippen LogP contribution in [0.25, 0.3) is 0 Å². The van der Waals surface area contributed by atoms with Gasteiger partial charge in [0, 0.05) is 4.47 Å². The summed E-state index contributed by atoms with van der Waals surface area (Å²) in [5, 5.41) is 19.0. The molecule has 0 saturated carbocycles. The van der Waals surface area contributed by atoms with Crippen molar-refractivity contribution in [3.05, 3.63) is 33.8 Å². The number of hydrogen-bond acceptors (Lipinski definition) is 3. The van der Waals surface area contributed by atoms with Crippen molar-refractivity contribution < 1.29 is 15.0 Å². The number of amides is 1. The Morgan fingerprint density at radius 1 is 1.47 bits per heavy atom. The Kier molecular flexibility index (Phi) is 3.84. The summed E-state index contributed by atoms with van der Waals surface area (Å²) in [6.07, 6.45) is -2.88. The highest BCUT2D eigenvalue weighted by Gasteiger charge is 2.24. The SMILES string of the molecule is Cc1c(Br)cccc1C(O)C(O)C(N)=O. The van der Waals surface area contributed by atoms with Gasteiger partial charge in [-0.25, -0.2) is 0 Å². The predicted molar refractivity (Wildman–Crippen MR) is 59.0 cm³/mol. The summed E-state index contributed by atoms with van der Waals surface area (Å²) < 4.78 is 0.802. The van der Waals surface area contributed by atoms with E-state index >= 15 is 0 Å². The summed E-state index contributed by atoms with van der Waals surface area (Å²) in [6, 6.07) is 5.16. The highest BCUT2D eigenvalue weighted by Crippen LogP contribution is 2.26. The van der Waals surface area contributed by atoms with E-state index in [0.717, 1.165) is 10.0 Å². The number of rotatable bonds is 3. The maximum Gasteiger partial charge on any atom is 0.249 e. The van der Waals surface area contributed by atoms with E-state index in [1.165, 1.54) is 0 Å². The van der Waals surface area contributed by atoms with E-state index in [0.29, 0.717) is 5.56 Å². The summed E-state index contributed by atoms with van der Waals surface area (Å²) in [7, 11) is 0. The van der Waals surface area contributed by atoms with Crippen molar-refractivity contribution >= 4 is 21.8 Å². The van der Waals surface area contributed by atoms with Crippen molar-refractivity contribution in [2.45, 2.75) is 19.1 Å². The van der Waals surface area contributed by atoms with Gasteiger partial charge in [-0.15, -0.1) is 0 Å². The molecule has 0 aliphatic carbocycles. The molecule has 4 N–H and O–H groups in total. The van der Waals surface area contributed by atoms with Crippen molar-refractivity contribution in [1.29, 1.82) is 0 Å². The van der Waals surface area contributed by atoms with Crippen molar-refractivity contribution in [3.8, 4) is 0 Å². The van der Waals surface area contributed by atoms with E-state index in [4.69, 9.17) is 5.73 Å². The first-order chi connectivity index (χ1) is 6.95. The Bertz CT molecular complexity index is 381. The van der Waals surface area contributed by atoms with Gasteiger partial charge in [0.2, 0.25) is 5.91 Å². The molecule has 2 unspecified atom stereocenters. The monoisotopic (exact) mass is 273 g/mol. The fourth-order valence-electron chi connectivity index (χ4n) is 1.27. The van der Waals surface area contributed by atoms with E-state index in [-0.39, 0.29) is 0 Å². The van der Waals surface area contributed by atoms with Crippen molar-refractivity contribution in [2.24, 2.45) is 5.73 Å². The molecule has 0 saturated heterocycles. The van der Waals surface area contributed by atoms with E-state index < -0.39 is 18.1 Å². The van der Waals surface area contributed by atoms with Crippen LogP contribution in [0.15, 0.2) is 22.7 Å². The molecule has 0 heterocycles. The number of carbonyl (C=O) groups excluding carboxylic acids is 1. The number of primary amides is 1. The number of nitrogens with two attached hydrogens (primary N) is 1. The zero-order chi connectivity index (χ0) is 11.6. The van der Waals surface area contributed by atoms with Gasteiger partial charge < -0.3 is 15.9 Å². The summed E-state index contributed by atoms with van der Waals surface area (Å²) in [5.41, 5.74) is 6.15. The summed E-state index contributed by atoms with van der Waals surface area (Å²) >= 11 is 3.29. The van der Waals surface area contributed by atoms with Crippen LogP contribution in [-0.4, -0.2) is 22.2 Å². The molecule has 15 heavy (non-hydrogen) atoms. The molecule has 0 spiro atoms. The molecule has 1 aromatic carbocycles. The number of hydrogen-bond donors (Lipinski definition) is 3. The summed E-state index contributed by atoms with van der Waals surface area (Å²) in [4.78, 5) is 10.7. The fraction of sp³-hybridized carbons (Fsp3) is 0.300. The van der Waals surface area contributed by atoms with Crippen LogP contribution in [0, 0.1) is 6.92 Å². The predicted octanol–water partition coefficient (Wildman–Crippen LogP) is 0.637. The lowest BCUT2D eigenvalue weighted by atomic mass is 9.99. The molecule has 0 aliphatic rings. The van der Waals surface area contributed by atoms with Crippen molar-refractivity contribution in [1.82, 2.24) is 0 Å². The Hall–Kier alpha value is -0.910. The quantitative estimate of drug-likeness (QED) is 0.756. The number of halogens is 1. The minimum atomic E-state index is -1.59. The first-order valence-electron chi connectivity index (χ1n) is 4.35. The third-order valence-corrected chi connectivity index (χ3v) is 3.08. The van der Waals surface area contributed by atoms with Crippen molar-refractivity contribution in [3.63, 3.8) is 0 Å². The highest BCUT2D eigenvalue weighted by molar-refractivity contribution is 9.10. The lowest BCUT2D eigenvalue weighted by Gasteiger charge is -2.17. The van der Waals surface area contributed by atoms with Crippen molar-refractivity contribution in [2.75, 3.05) is 0 Å². The fourth-order valence-corrected chi connectivity index (χ4v) is 1.65. The Labute approximate surface area is 95.8 Å². The Morgan fingerprint density at radius 2 is 2.07 bits per heavy atom. The first kappa shape index (κ1) is 12.2. The van der Waals surface area contributed by atoms with E-state index in [9.17, 15) is 15.0 Å². The molecule has 0 fully saturated rings. The molecule has 1 amide bonds. The van der Waals surface area contributed by atoms with Crippen LogP contribution in [0.1, 0.15) is 17.2 Å². The molecular weight excluding hydrogens is 262 g/mol. The maximum atomic E-state index is 10.7. The van der Waals surface area contributed by atoms with Crippen LogP contribution in [0.3, 0.4) is 0 Å². The van der Waals surface area contributed by atoms with Gasteiger partial charge in [-0.3, -0.25) is 4.79 Å². The molecule has 0 radical (unpaired) electrons. The van der Waals surface area contributed by atoms with Crippen LogP contribution in [0.4, 0.5) is 0 Å². The highest BCUT2D eigenvalue weighted by atomic mass is 79.9. The Balaban J connectivity index is 3.06. The summed E-state index contributed by atoms with van der Waals surface area (Å²) in [6.45, 7) is 1.77. The molecular formula is C10H12BrNO3. The molecule has 4 nitrogen and oxygen atoms in total. The second-order valence-corrected chi connectivity index (χ2v) is 4.10. The van der Waals surface area contributed by atoms with Crippen LogP contribution >= 0.6 is 15.9 Å². The minimum Gasteiger partial charge on any atom is -0.385 e. The first-order valence-corrected chi connectivity index (χ1v) is 5.15. The van der Waals surface area contributed by atoms with Crippen LogP contribution < -0.4 is 5.73 Å². The second kappa shape index (κ2) is 4.74. The number of benzene rings is 1. The zero-order valence-corrected chi connectivity index (χ0v) is 9.73. The zero-order valence-electron chi connectivity index (χ0n) is 8.14. The average Bonchev–Trinajstić information content (AvgIpc) is 2.20. The number of carbonyl (C=O) groups is 1. The normalized spacial score (nSPS) is 14.7. The summed E-state index contributed by atoms with van der Waals surface area (Å²) in [5.74, 6) is -0.943. The van der Waals surface area contributed by atoms with Gasteiger partial charge in [0.15, 0.2) is 6.10 Å². The molecule has 82 valence electrons. The smallest absolute Gasteiger partial charge is 0.249 e. The molecule has 5 heteroatoms. The molecule has 1 rings (SSSR count). The van der Waals surface area contributed by atoms with Gasteiger partial charge in [-0.1, -0.05) is 28.1 Å². The Morgan fingerprint density at radius 3 is 2.60 bits per heavy atom. The largest absolute Gasteiger partial charge is 0.385 e. The van der Waals surface area contributed by atoms with Gasteiger partial charge in [-0.05, 0) is 24.1 Å². The third kappa shape index (κ3) is 2.56.